The molecule has 0 radical (unpaired) electrons. The van der Waals surface area contributed by atoms with Crippen molar-refractivity contribution in [2.24, 2.45) is 23.7 Å². The number of hydrogen-bond donors (Lipinski definition) is 3. The lowest BCUT2D eigenvalue weighted by atomic mass is 9.99. The number of carbonyl (C=O) groups excluding carboxylic acids is 4. The van der Waals surface area contributed by atoms with E-state index in [1.54, 1.807) is 0 Å². The van der Waals surface area contributed by atoms with Gasteiger partial charge in [0.05, 0.1) is 26.4 Å². The summed E-state index contributed by atoms with van der Waals surface area (Å²) in [6, 6.07) is 0. The Labute approximate surface area is 556 Å². The Morgan fingerprint density at radius 1 is 0.308 bits per heavy atom. The largest absolute Gasteiger partial charge is 0.472 e. The van der Waals surface area contributed by atoms with E-state index in [-0.39, 0.29) is 25.7 Å². The van der Waals surface area contributed by atoms with Crippen LogP contribution in [0.4, 0.5) is 0 Å². The number of unbranched alkanes of at least 4 members (excludes halogenated alkanes) is 33. The van der Waals surface area contributed by atoms with Gasteiger partial charge in [-0.2, -0.15) is 0 Å². The highest BCUT2D eigenvalue weighted by Crippen LogP contribution is 2.45. The van der Waals surface area contributed by atoms with Crippen LogP contribution in [0, 0.1) is 23.7 Å². The van der Waals surface area contributed by atoms with E-state index in [2.05, 4.69) is 55.4 Å². The minimum Gasteiger partial charge on any atom is -0.462 e. The van der Waals surface area contributed by atoms with Gasteiger partial charge < -0.3 is 33.8 Å². The Morgan fingerprint density at radius 3 is 0.780 bits per heavy atom. The number of ether oxygens (including phenoxy) is 4. The second-order valence-electron chi connectivity index (χ2n) is 27.4. The summed E-state index contributed by atoms with van der Waals surface area (Å²) in [5.74, 6) is 0.834. The van der Waals surface area contributed by atoms with E-state index in [0.717, 1.165) is 108 Å². The fraction of sp³-hybridized carbons (Fsp3) is 0.944. The van der Waals surface area contributed by atoms with Gasteiger partial charge in [-0.25, -0.2) is 9.13 Å². The lowest BCUT2D eigenvalue weighted by molar-refractivity contribution is -0.161. The van der Waals surface area contributed by atoms with E-state index in [0.29, 0.717) is 37.5 Å². The van der Waals surface area contributed by atoms with Gasteiger partial charge in [0.1, 0.15) is 19.3 Å². The standard InChI is InChI=1S/C72H140O17P2/c1-9-64(7)50-42-34-25-21-19-17-15-13-11-12-14-16-18-20-22-26-36-44-52-69(74)82-58-68(89-72(77)55-47-39-31-29-35-43-51-65(8)10-2)61-87-91(80,81)85-57-66(73)56-84-90(78,79)86-60-67(59-83-70(75)53-45-37-30-28-33-41-49-63(5)6)88-71(76)54-46-38-27-23-24-32-40-48-62(3)4/h62-68,73H,9-61H2,1-8H3,(H,78,79)(H,80,81)/t64?,65?,66-,67+,68+/m0/s1. The predicted octanol–water partition coefficient (Wildman–Crippen LogP) is 20.5. The fourth-order valence-corrected chi connectivity index (χ4v) is 12.4. The van der Waals surface area contributed by atoms with Crippen LogP contribution in [0.25, 0.3) is 0 Å². The van der Waals surface area contributed by atoms with Crippen LogP contribution in [-0.4, -0.2) is 96.7 Å². The second-order valence-corrected chi connectivity index (χ2v) is 30.3. The summed E-state index contributed by atoms with van der Waals surface area (Å²) in [5, 5.41) is 10.6. The Morgan fingerprint density at radius 2 is 0.527 bits per heavy atom. The summed E-state index contributed by atoms with van der Waals surface area (Å²) in [7, 11) is -9.90. The molecule has 0 amide bonds. The van der Waals surface area contributed by atoms with Crippen LogP contribution in [0.1, 0.15) is 357 Å². The maximum Gasteiger partial charge on any atom is 0.472 e. The first-order valence-electron chi connectivity index (χ1n) is 37.3. The maximum absolute atomic E-state index is 13.0. The van der Waals surface area contributed by atoms with Gasteiger partial charge in [-0.05, 0) is 49.4 Å². The molecule has 91 heavy (non-hydrogen) atoms. The highest BCUT2D eigenvalue weighted by Gasteiger charge is 2.30. The zero-order valence-electron chi connectivity index (χ0n) is 59.5. The molecule has 0 fully saturated rings. The zero-order chi connectivity index (χ0) is 67.5. The van der Waals surface area contributed by atoms with Crippen molar-refractivity contribution in [1.82, 2.24) is 0 Å². The van der Waals surface area contributed by atoms with Crippen molar-refractivity contribution in [2.45, 2.75) is 375 Å². The van der Waals surface area contributed by atoms with Crippen LogP contribution in [0.3, 0.4) is 0 Å². The molecule has 17 nitrogen and oxygen atoms in total. The average molecular weight is 1340 g/mol. The molecule has 0 aromatic rings. The van der Waals surface area contributed by atoms with Gasteiger partial charge >= 0.3 is 39.5 Å². The number of phosphoric ester groups is 2. The van der Waals surface area contributed by atoms with E-state index in [9.17, 15) is 43.2 Å². The van der Waals surface area contributed by atoms with Gasteiger partial charge in [-0.3, -0.25) is 37.3 Å². The lowest BCUT2D eigenvalue weighted by Crippen LogP contribution is -2.30. The van der Waals surface area contributed by atoms with E-state index in [1.165, 1.54) is 154 Å². The molecular weight excluding hydrogens is 1200 g/mol. The fourth-order valence-electron chi connectivity index (χ4n) is 10.8. The molecule has 0 saturated carbocycles. The molecule has 0 aromatic carbocycles. The third kappa shape index (κ3) is 63.9. The smallest absolute Gasteiger partial charge is 0.462 e. The SMILES string of the molecule is CCC(C)CCCCCCCCCCCCCCCCCCCCC(=O)OC[C@H](COP(=O)(O)OC[C@@H](O)COP(=O)(O)OC[C@@H](COC(=O)CCCCCCCCC(C)C)OC(=O)CCCCCCCCCC(C)C)OC(=O)CCCCCCCCC(C)CC. The molecule has 0 aliphatic carbocycles. The third-order valence-corrected chi connectivity index (χ3v) is 19.2. The van der Waals surface area contributed by atoms with Gasteiger partial charge in [0.25, 0.3) is 0 Å². The third-order valence-electron chi connectivity index (χ3n) is 17.3. The van der Waals surface area contributed by atoms with Crippen molar-refractivity contribution in [2.75, 3.05) is 39.6 Å². The molecule has 540 valence electrons. The molecular formula is C72H140O17P2. The first kappa shape index (κ1) is 89.1. The molecule has 0 heterocycles. The molecule has 0 aliphatic heterocycles. The summed E-state index contributed by atoms with van der Waals surface area (Å²) in [5.41, 5.74) is 0. The number of rotatable bonds is 69. The number of phosphoric acid groups is 2. The monoisotopic (exact) mass is 1340 g/mol. The predicted molar refractivity (Wildman–Crippen MR) is 367 cm³/mol. The molecule has 0 aromatic heterocycles. The Bertz CT molecular complexity index is 1800. The lowest BCUT2D eigenvalue weighted by Gasteiger charge is -2.21. The molecule has 0 rings (SSSR count). The first-order chi connectivity index (χ1) is 43.7. The number of esters is 4. The maximum atomic E-state index is 13.0. The van der Waals surface area contributed by atoms with Gasteiger partial charge in [0.2, 0.25) is 0 Å². The molecule has 19 heteroatoms. The number of hydrogen-bond acceptors (Lipinski definition) is 15. The zero-order valence-corrected chi connectivity index (χ0v) is 61.3. The van der Waals surface area contributed by atoms with E-state index < -0.39 is 97.5 Å². The molecule has 7 atom stereocenters. The normalized spacial score (nSPS) is 14.8. The quantitative estimate of drug-likeness (QED) is 0.0222. The second kappa shape index (κ2) is 61.6. The molecule has 3 N–H and O–H groups in total. The van der Waals surface area contributed by atoms with Crippen LogP contribution in [0.5, 0.6) is 0 Å². The van der Waals surface area contributed by atoms with Crippen molar-refractivity contribution in [3.8, 4) is 0 Å². The molecule has 0 bridgehead atoms. The van der Waals surface area contributed by atoms with E-state index >= 15 is 0 Å². The summed E-state index contributed by atoms with van der Waals surface area (Å²) >= 11 is 0. The van der Waals surface area contributed by atoms with Gasteiger partial charge in [0.15, 0.2) is 12.2 Å². The highest BCUT2D eigenvalue weighted by molar-refractivity contribution is 7.47. The minimum absolute atomic E-state index is 0.102. The Balaban J connectivity index is 5.10. The van der Waals surface area contributed by atoms with Crippen LogP contribution in [-0.2, 0) is 65.4 Å². The first-order valence-corrected chi connectivity index (χ1v) is 40.3. The van der Waals surface area contributed by atoms with E-state index in [1.807, 2.05) is 0 Å². The van der Waals surface area contributed by atoms with Gasteiger partial charge in [-0.15, -0.1) is 0 Å². The Hall–Kier alpha value is -1.94. The minimum atomic E-state index is -4.95. The summed E-state index contributed by atoms with van der Waals surface area (Å²) < 4.78 is 68.2. The van der Waals surface area contributed by atoms with E-state index in [4.69, 9.17) is 37.0 Å². The summed E-state index contributed by atoms with van der Waals surface area (Å²) in [6.45, 7) is 14.0. The average Bonchev–Trinajstić information content (AvgIpc) is 3.63. The molecule has 0 saturated heterocycles. The topological polar surface area (TPSA) is 237 Å². The summed E-state index contributed by atoms with van der Waals surface area (Å²) in [4.78, 5) is 72.4. The molecule has 0 spiro atoms. The molecule has 0 aliphatic rings. The van der Waals surface area contributed by atoms with Crippen molar-refractivity contribution < 1.29 is 80.2 Å². The summed E-state index contributed by atoms with van der Waals surface area (Å²) in [6.07, 6.45) is 45.0. The van der Waals surface area contributed by atoms with Gasteiger partial charge in [-0.1, -0.05) is 306 Å². The van der Waals surface area contributed by atoms with Crippen molar-refractivity contribution >= 4 is 39.5 Å². The Kier molecular flexibility index (Phi) is 60.3. The van der Waals surface area contributed by atoms with Crippen LogP contribution >= 0.6 is 15.6 Å². The molecule has 4 unspecified atom stereocenters. The number of aliphatic hydroxyl groups is 1. The van der Waals surface area contributed by atoms with Crippen molar-refractivity contribution in [3.05, 3.63) is 0 Å². The van der Waals surface area contributed by atoms with Crippen LogP contribution in [0.15, 0.2) is 0 Å². The van der Waals surface area contributed by atoms with Crippen molar-refractivity contribution in [3.63, 3.8) is 0 Å². The van der Waals surface area contributed by atoms with Crippen molar-refractivity contribution in [1.29, 1.82) is 0 Å². The highest BCUT2D eigenvalue weighted by atomic mass is 31.2. The number of carbonyl (C=O) groups is 4. The van der Waals surface area contributed by atoms with Crippen LogP contribution in [0.2, 0.25) is 0 Å². The van der Waals surface area contributed by atoms with Gasteiger partial charge in [0, 0.05) is 25.7 Å². The van der Waals surface area contributed by atoms with Crippen LogP contribution < -0.4 is 0 Å². The number of aliphatic hydroxyl groups excluding tert-OH is 1.